The molecule has 12 heteroatoms. The third-order valence-corrected chi connectivity index (χ3v) is 5.59. The van der Waals surface area contributed by atoms with Gasteiger partial charge in [-0.05, 0) is 54.1 Å². The Morgan fingerprint density at radius 3 is 2.08 bits per heavy atom. The number of carbonyl (C=O) groups excluding carboxylic acids is 3. The van der Waals surface area contributed by atoms with Gasteiger partial charge in [0.2, 0.25) is 0 Å². The molecule has 3 rings (SSSR count). The maximum absolute atomic E-state index is 12.7. The van der Waals surface area contributed by atoms with Gasteiger partial charge in [0.25, 0.3) is 17.7 Å². The minimum atomic E-state index is -1.53. The summed E-state index contributed by atoms with van der Waals surface area (Å²) in [6.45, 7) is -0.357. The molecular weight excluding hydrogens is 518 g/mol. The molecular formula is C26H22ClN3O8. The van der Waals surface area contributed by atoms with Crippen molar-refractivity contribution in [3.63, 3.8) is 0 Å². The third-order valence-electron chi connectivity index (χ3n) is 5.28. The zero-order valence-corrected chi connectivity index (χ0v) is 20.4. The number of hydrogen-bond acceptors (Lipinski definition) is 6. The molecule has 0 unspecified atom stereocenters. The Balaban J connectivity index is 1.61. The van der Waals surface area contributed by atoms with E-state index in [4.69, 9.17) is 16.7 Å². The number of carbonyl (C=O) groups is 5. The van der Waals surface area contributed by atoms with Crippen LogP contribution in [0.15, 0.2) is 66.7 Å². The van der Waals surface area contributed by atoms with Gasteiger partial charge in [-0.1, -0.05) is 29.8 Å². The van der Waals surface area contributed by atoms with Crippen LogP contribution in [0.2, 0.25) is 5.02 Å². The number of phenols is 1. The lowest BCUT2D eigenvalue weighted by atomic mass is 10.1. The largest absolute Gasteiger partial charge is 0.508 e. The average Bonchev–Trinajstić information content (AvgIpc) is 2.89. The Morgan fingerprint density at radius 2 is 1.42 bits per heavy atom. The van der Waals surface area contributed by atoms with Crippen molar-refractivity contribution in [1.82, 2.24) is 16.0 Å². The van der Waals surface area contributed by atoms with E-state index in [-0.39, 0.29) is 39.6 Å². The lowest BCUT2D eigenvalue weighted by Gasteiger charge is -2.16. The first-order valence-corrected chi connectivity index (χ1v) is 11.4. The normalized spacial score (nSPS) is 11.2. The second kappa shape index (κ2) is 12.4. The van der Waals surface area contributed by atoms with Crippen LogP contribution < -0.4 is 16.0 Å². The zero-order valence-electron chi connectivity index (χ0n) is 19.6. The number of hydrogen-bond donors (Lipinski definition) is 6. The summed E-state index contributed by atoms with van der Waals surface area (Å²) >= 11 is 6.18. The lowest BCUT2D eigenvalue weighted by Crippen LogP contribution is -2.48. The van der Waals surface area contributed by atoms with Gasteiger partial charge in [0.05, 0.1) is 16.1 Å². The second-order valence-corrected chi connectivity index (χ2v) is 8.41. The van der Waals surface area contributed by atoms with Gasteiger partial charge in [-0.2, -0.15) is 0 Å². The molecule has 38 heavy (non-hydrogen) atoms. The number of nitrogens with one attached hydrogen (secondary N) is 3. The van der Waals surface area contributed by atoms with Crippen LogP contribution in [0.5, 0.6) is 5.75 Å². The molecule has 11 nitrogen and oxygen atoms in total. The summed E-state index contributed by atoms with van der Waals surface area (Å²) in [5.74, 6) is -4.67. The molecule has 0 aliphatic rings. The molecule has 0 saturated heterocycles. The van der Waals surface area contributed by atoms with Crippen molar-refractivity contribution in [2.75, 3.05) is 6.54 Å². The van der Waals surface area contributed by atoms with Gasteiger partial charge in [0, 0.05) is 24.2 Å². The zero-order chi connectivity index (χ0) is 27.8. The summed E-state index contributed by atoms with van der Waals surface area (Å²) in [6, 6.07) is 13.8. The van der Waals surface area contributed by atoms with Gasteiger partial charge in [-0.3, -0.25) is 14.4 Å². The number of rotatable bonds is 10. The summed E-state index contributed by atoms with van der Waals surface area (Å²) in [5.41, 5.74) is 0.607. The molecule has 0 bridgehead atoms. The van der Waals surface area contributed by atoms with Crippen molar-refractivity contribution >= 4 is 41.3 Å². The number of aromatic carboxylic acids is 1. The number of phenolic OH excluding ortho intramolecular Hbond substituents is 1. The number of aliphatic carboxylic acids is 1. The van der Waals surface area contributed by atoms with Crippen molar-refractivity contribution in [1.29, 1.82) is 0 Å². The van der Waals surface area contributed by atoms with E-state index >= 15 is 0 Å². The Labute approximate surface area is 221 Å². The SMILES string of the molecule is O=C(O)c1cccc(C(=O)NC[C@H](NC(=O)c2ccc(C(=O)NCc3cccc(O)c3)cc2Cl)C(=O)O)c1. The summed E-state index contributed by atoms with van der Waals surface area (Å²) in [7, 11) is 0. The quantitative estimate of drug-likeness (QED) is 0.227. The number of amides is 3. The smallest absolute Gasteiger partial charge is 0.335 e. The van der Waals surface area contributed by atoms with Crippen LogP contribution in [-0.2, 0) is 11.3 Å². The summed E-state index contributed by atoms with van der Waals surface area (Å²) < 4.78 is 0. The first-order valence-electron chi connectivity index (χ1n) is 11.1. The fourth-order valence-corrected chi connectivity index (χ4v) is 3.58. The highest BCUT2D eigenvalue weighted by Crippen LogP contribution is 2.19. The van der Waals surface area contributed by atoms with Gasteiger partial charge in [-0.25, -0.2) is 9.59 Å². The Kier molecular flexibility index (Phi) is 9.01. The van der Waals surface area contributed by atoms with Crippen LogP contribution in [0.3, 0.4) is 0 Å². The molecule has 0 spiro atoms. The van der Waals surface area contributed by atoms with Gasteiger partial charge in [-0.15, -0.1) is 0 Å². The van der Waals surface area contributed by atoms with E-state index in [1.807, 2.05) is 0 Å². The van der Waals surface area contributed by atoms with E-state index < -0.39 is 42.2 Å². The molecule has 0 aromatic heterocycles. The number of carboxylic acids is 2. The molecule has 3 aromatic carbocycles. The molecule has 3 aromatic rings. The van der Waals surface area contributed by atoms with Gasteiger partial charge in [0.1, 0.15) is 11.8 Å². The van der Waals surface area contributed by atoms with Crippen LogP contribution >= 0.6 is 11.6 Å². The van der Waals surface area contributed by atoms with E-state index in [1.54, 1.807) is 12.1 Å². The van der Waals surface area contributed by atoms with E-state index in [0.717, 1.165) is 6.07 Å². The Hall–Kier alpha value is -4.90. The molecule has 0 heterocycles. The number of benzene rings is 3. The number of carboxylic acid groups (broad SMARTS) is 2. The van der Waals surface area contributed by atoms with Crippen molar-refractivity contribution in [2.45, 2.75) is 12.6 Å². The molecule has 1 atom stereocenters. The minimum Gasteiger partial charge on any atom is -0.508 e. The summed E-state index contributed by atoms with van der Waals surface area (Å²) in [5, 5.41) is 35.2. The van der Waals surface area contributed by atoms with Gasteiger partial charge >= 0.3 is 11.9 Å². The van der Waals surface area contributed by atoms with E-state index in [1.165, 1.54) is 48.5 Å². The Morgan fingerprint density at radius 1 is 0.763 bits per heavy atom. The summed E-state index contributed by atoms with van der Waals surface area (Å²) in [6.07, 6.45) is 0. The highest BCUT2D eigenvalue weighted by Gasteiger charge is 2.23. The van der Waals surface area contributed by atoms with Crippen LogP contribution in [0.25, 0.3) is 0 Å². The molecule has 196 valence electrons. The fraction of sp³-hybridized carbons (Fsp3) is 0.115. The molecule has 0 aliphatic carbocycles. The van der Waals surface area contributed by atoms with Crippen LogP contribution in [0.1, 0.15) is 47.0 Å². The fourth-order valence-electron chi connectivity index (χ4n) is 3.32. The molecule has 0 saturated carbocycles. The van der Waals surface area contributed by atoms with E-state index in [9.17, 15) is 34.2 Å². The Bertz CT molecular complexity index is 1410. The van der Waals surface area contributed by atoms with Crippen molar-refractivity contribution in [3.05, 3.63) is 99.6 Å². The molecule has 0 fully saturated rings. The van der Waals surface area contributed by atoms with Gasteiger partial charge in [0.15, 0.2) is 0 Å². The number of halogens is 1. The minimum absolute atomic E-state index is 0.00124. The third kappa shape index (κ3) is 7.31. The molecule has 3 amide bonds. The molecule has 0 aliphatic heterocycles. The van der Waals surface area contributed by atoms with Crippen molar-refractivity contribution in [2.24, 2.45) is 0 Å². The van der Waals surface area contributed by atoms with Gasteiger partial charge < -0.3 is 31.3 Å². The average molecular weight is 540 g/mol. The molecule has 0 radical (unpaired) electrons. The van der Waals surface area contributed by atoms with E-state index in [0.29, 0.717) is 5.56 Å². The number of aromatic hydroxyl groups is 1. The highest BCUT2D eigenvalue weighted by atomic mass is 35.5. The maximum Gasteiger partial charge on any atom is 0.335 e. The van der Waals surface area contributed by atoms with E-state index in [2.05, 4.69) is 16.0 Å². The molecule has 6 N–H and O–H groups in total. The van der Waals surface area contributed by atoms with Crippen LogP contribution in [0, 0.1) is 0 Å². The monoisotopic (exact) mass is 539 g/mol. The maximum atomic E-state index is 12.7. The van der Waals surface area contributed by atoms with Crippen LogP contribution in [-0.4, -0.2) is 57.6 Å². The predicted octanol–water partition coefficient (Wildman–Crippen LogP) is 2.29. The van der Waals surface area contributed by atoms with Crippen LogP contribution in [0.4, 0.5) is 0 Å². The first-order chi connectivity index (χ1) is 18.0. The lowest BCUT2D eigenvalue weighted by molar-refractivity contribution is -0.139. The predicted molar refractivity (Wildman–Crippen MR) is 135 cm³/mol. The summed E-state index contributed by atoms with van der Waals surface area (Å²) in [4.78, 5) is 60.2. The van der Waals surface area contributed by atoms with Crippen molar-refractivity contribution < 1.29 is 39.3 Å². The highest BCUT2D eigenvalue weighted by molar-refractivity contribution is 6.34. The topological polar surface area (TPSA) is 182 Å². The second-order valence-electron chi connectivity index (χ2n) is 8.01. The first kappa shape index (κ1) is 27.7. The van der Waals surface area contributed by atoms with Crippen molar-refractivity contribution in [3.8, 4) is 5.75 Å². The standard InChI is InChI=1S/C26H22ClN3O8/c27-20-11-16(23(33)28-12-14-3-1-6-18(31)9-14)7-8-19(20)24(34)30-21(26(37)38)13-29-22(32)15-4-2-5-17(10-15)25(35)36/h1-11,21,31H,12-13H2,(H,28,33)(H,29,32)(H,30,34)(H,35,36)(H,37,38)/t21-/m0/s1.